The van der Waals surface area contributed by atoms with Crippen LogP contribution in [0, 0.1) is 0 Å². The first kappa shape index (κ1) is 13.4. The fraction of sp³-hybridized carbons (Fsp3) is 0.118. The lowest BCUT2D eigenvalue weighted by molar-refractivity contribution is 0.0743. The van der Waals surface area contributed by atoms with Gasteiger partial charge < -0.3 is 5.32 Å². The third kappa shape index (κ3) is 2.95. The first-order valence-electron chi connectivity index (χ1n) is 6.85. The van der Waals surface area contributed by atoms with Gasteiger partial charge in [0.2, 0.25) is 0 Å². The minimum Gasteiger partial charge on any atom is -0.363 e. The lowest BCUT2D eigenvalue weighted by Crippen LogP contribution is -2.51. The number of nitrogens with one attached hydrogen (secondary N) is 2. The Hall–Kier alpha value is -2.59. The van der Waals surface area contributed by atoms with Gasteiger partial charge in [0.15, 0.2) is 0 Å². The fourth-order valence-corrected chi connectivity index (χ4v) is 2.28. The van der Waals surface area contributed by atoms with E-state index in [1.54, 1.807) is 18.3 Å². The largest absolute Gasteiger partial charge is 0.363 e. The summed E-state index contributed by atoms with van der Waals surface area (Å²) in [5.41, 5.74) is 4.32. The third-order valence-corrected chi connectivity index (χ3v) is 3.33. The van der Waals surface area contributed by atoms with Crippen LogP contribution in [0.1, 0.15) is 17.3 Å². The zero-order valence-electron chi connectivity index (χ0n) is 11.8. The Morgan fingerprint density at radius 2 is 1.67 bits per heavy atom. The molecule has 106 valence electrons. The van der Waals surface area contributed by atoms with E-state index in [1.807, 2.05) is 61.5 Å². The fourth-order valence-electron chi connectivity index (χ4n) is 2.28. The predicted molar refractivity (Wildman–Crippen MR) is 83.4 cm³/mol. The molecule has 0 bridgehead atoms. The molecule has 1 heterocycles. The predicted octanol–water partition coefficient (Wildman–Crippen LogP) is 2.99. The highest BCUT2D eigenvalue weighted by Crippen LogP contribution is 2.20. The molecule has 1 aliphatic rings. The Bertz CT molecular complexity index is 654. The van der Waals surface area contributed by atoms with Crippen molar-refractivity contribution in [2.45, 2.75) is 12.6 Å². The van der Waals surface area contributed by atoms with Crippen LogP contribution in [0.5, 0.6) is 0 Å². The molecule has 1 amide bonds. The summed E-state index contributed by atoms with van der Waals surface area (Å²) in [4.78, 5) is 12.4. The smallest absolute Gasteiger partial charge is 0.272 e. The molecule has 1 aliphatic heterocycles. The maximum absolute atomic E-state index is 12.4. The highest BCUT2D eigenvalue weighted by Gasteiger charge is 2.30. The number of hydrazine groups is 1. The standard InChI is InChI=1S/C17H17N3O/c1-17(18-15-10-6-3-7-11-15)12-13-20(19-17)16(21)14-8-4-2-5-9-14/h2-13,18-19H,1H3. The van der Waals surface area contributed by atoms with Crippen molar-refractivity contribution >= 4 is 11.6 Å². The van der Waals surface area contributed by atoms with E-state index in [4.69, 9.17) is 0 Å². The van der Waals surface area contributed by atoms with E-state index in [0.717, 1.165) is 5.69 Å². The molecule has 0 spiro atoms. The molecule has 0 saturated heterocycles. The lowest BCUT2D eigenvalue weighted by atomic mass is 10.2. The molecule has 21 heavy (non-hydrogen) atoms. The third-order valence-electron chi connectivity index (χ3n) is 3.33. The van der Waals surface area contributed by atoms with Crippen molar-refractivity contribution in [3.8, 4) is 0 Å². The number of hydrogen-bond donors (Lipinski definition) is 2. The van der Waals surface area contributed by atoms with Gasteiger partial charge in [-0.3, -0.25) is 4.79 Å². The second-order valence-corrected chi connectivity index (χ2v) is 5.16. The van der Waals surface area contributed by atoms with E-state index in [-0.39, 0.29) is 5.91 Å². The van der Waals surface area contributed by atoms with Crippen molar-refractivity contribution in [3.63, 3.8) is 0 Å². The highest BCUT2D eigenvalue weighted by molar-refractivity contribution is 5.94. The van der Waals surface area contributed by atoms with Gasteiger partial charge in [-0.05, 0) is 37.3 Å². The van der Waals surface area contributed by atoms with Crippen molar-refractivity contribution in [1.82, 2.24) is 10.4 Å². The van der Waals surface area contributed by atoms with Gasteiger partial charge >= 0.3 is 0 Å². The molecule has 0 aromatic heterocycles. The van der Waals surface area contributed by atoms with Gasteiger partial charge in [0.25, 0.3) is 5.91 Å². The summed E-state index contributed by atoms with van der Waals surface area (Å²) in [5, 5.41) is 4.87. The molecule has 0 radical (unpaired) electrons. The van der Waals surface area contributed by atoms with Gasteiger partial charge in [-0.2, -0.15) is 5.43 Å². The Labute approximate surface area is 124 Å². The first-order valence-corrected chi connectivity index (χ1v) is 6.85. The van der Waals surface area contributed by atoms with E-state index in [0.29, 0.717) is 5.56 Å². The molecule has 0 saturated carbocycles. The number of amides is 1. The van der Waals surface area contributed by atoms with Gasteiger partial charge in [0.05, 0.1) is 0 Å². The quantitative estimate of drug-likeness (QED) is 0.908. The Morgan fingerprint density at radius 1 is 1.05 bits per heavy atom. The van der Waals surface area contributed by atoms with Crippen molar-refractivity contribution in [2.24, 2.45) is 0 Å². The molecule has 2 N–H and O–H groups in total. The van der Waals surface area contributed by atoms with Crippen molar-refractivity contribution in [1.29, 1.82) is 0 Å². The number of para-hydroxylation sites is 1. The molecular formula is C17H17N3O. The average Bonchev–Trinajstić information content (AvgIpc) is 2.90. The maximum Gasteiger partial charge on any atom is 0.272 e. The van der Waals surface area contributed by atoms with Crippen LogP contribution < -0.4 is 10.7 Å². The number of hydrogen-bond acceptors (Lipinski definition) is 3. The van der Waals surface area contributed by atoms with Crippen LogP contribution in [0.2, 0.25) is 0 Å². The minimum absolute atomic E-state index is 0.0783. The molecule has 0 fully saturated rings. The van der Waals surface area contributed by atoms with Crippen LogP contribution in [0.25, 0.3) is 0 Å². The van der Waals surface area contributed by atoms with Crippen LogP contribution in [-0.4, -0.2) is 16.6 Å². The summed E-state index contributed by atoms with van der Waals surface area (Å²) in [6, 6.07) is 19.1. The average molecular weight is 279 g/mol. The first-order chi connectivity index (χ1) is 10.2. The zero-order chi connectivity index (χ0) is 14.7. The van der Waals surface area contributed by atoms with Gasteiger partial charge in [0, 0.05) is 17.5 Å². The number of anilines is 1. The van der Waals surface area contributed by atoms with Gasteiger partial charge in [-0.1, -0.05) is 36.4 Å². The van der Waals surface area contributed by atoms with Gasteiger partial charge in [0.1, 0.15) is 5.66 Å². The van der Waals surface area contributed by atoms with Crippen LogP contribution in [0.3, 0.4) is 0 Å². The minimum atomic E-state index is -0.494. The number of benzene rings is 2. The highest BCUT2D eigenvalue weighted by atomic mass is 16.2. The normalized spacial score (nSPS) is 20.5. The summed E-state index contributed by atoms with van der Waals surface area (Å²) in [6.45, 7) is 1.98. The van der Waals surface area contributed by atoms with Crippen molar-refractivity contribution in [3.05, 3.63) is 78.5 Å². The number of carbonyl (C=O) groups excluding carboxylic acids is 1. The molecule has 1 unspecified atom stereocenters. The Kier molecular flexibility index (Phi) is 3.46. The van der Waals surface area contributed by atoms with Crippen molar-refractivity contribution < 1.29 is 4.79 Å². The van der Waals surface area contributed by atoms with Crippen LogP contribution in [0.4, 0.5) is 5.69 Å². The summed E-state index contributed by atoms with van der Waals surface area (Å²) in [7, 11) is 0. The number of rotatable bonds is 3. The van der Waals surface area contributed by atoms with E-state index >= 15 is 0 Å². The van der Waals surface area contributed by atoms with E-state index in [1.165, 1.54) is 5.01 Å². The molecule has 2 aromatic carbocycles. The molecule has 0 aliphatic carbocycles. The summed E-state index contributed by atoms with van der Waals surface area (Å²) >= 11 is 0. The molecule has 4 nitrogen and oxygen atoms in total. The van der Waals surface area contributed by atoms with E-state index < -0.39 is 5.66 Å². The van der Waals surface area contributed by atoms with Crippen LogP contribution in [0.15, 0.2) is 72.9 Å². The second kappa shape index (κ2) is 5.42. The molecule has 2 aromatic rings. The lowest BCUT2D eigenvalue weighted by Gasteiger charge is -2.28. The van der Waals surface area contributed by atoms with Crippen molar-refractivity contribution in [2.75, 3.05) is 5.32 Å². The van der Waals surface area contributed by atoms with Crippen LogP contribution in [-0.2, 0) is 0 Å². The number of carbonyl (C=O) groups is 1. The summed E-state index contributed by atoms with van der Waals surface area (Å²) in [6.07, 6.45) is 3.69. The topological polar surface area (TPSA) is 44.4 Å². The monoisotopic (exact) mass is 279 g/mol. The molecule has 1 atom stereocenters. The van der Waals surface area contributed by atoms with E-state index in [2.05, 4.69) is 10.7 Å². The Balaban J connectivity index is 1.71. The van der Waals surface area contributed by atoms with E-state index in [9.17, 15) is 4.79 Å². The molecule has 4 heteroatoms. The van der Waals surface area contributed by atoms with Crippen LogP contribution >= 0.6 is 0 Å². The van der Waals surface area contributed by atoms with Gasteiger partial charge in [-0.15, -0.1) is 0 Å². The Morgan fingerprint density at radius 3 is 2.33 bits per heavy atom. The van der Waals surface area contributed by atoms with Gasteiger partial charge in [-0.25, -0.2) is 5.01 Å². The number of nitrogens with zero attached hydrogens (tertiary/aromatic N) is 1. The summed E-state index contributed by atoms with van der Waals surface area (Å²) in [5.74, 6) is -0.0783. The second-order valence-electron chi connectivity index (χ2n) is 5.16. The molecular weight excluding hydrogens is 262 g/mol. The zero-order valence-corrected chi connectivity index (χ0v) is 11.8. The molecule has 3 rings (SSSR count). The summed E-state index contributed by atoms with van der Waals surface area (Å²) < 4.78 is 0. The SMILES string of the molecule is CC1(Nc2ccccc2)C=CN(C(=O)c2ccccc2)N1. The maximum atomic E-state index is 12.4.